The highest BCUT2D eigenvalue weighted by Gasteiger charge is 2.40. The maximum atomic E-state index is 13.2. The van der Waals surface area contributed by atoms with Crippen LogP contribution >= 0.6 is 0 Å². The maximum Gasteiger partial charge on any atom is 0.417 e. The molecular weight excluding hydrogens is 395 g/mol. The predicted molar refractivity (Wildman–Crippen MR) is 98.2 cm³/mol. The van der Waals surface area contributed by atoms with Crippen LogP contribution in [0.4, 0.5) is 13.2 Å². The predicted octanol–water partition coefficient (Wildman–Crippen LogP) is 0.755. The number of rotatable bonds is 6. The lowest BCUT2D eigenvalue weighted by Crippen LogP contribution is -3.15. The van der Waals surface area contributed by atoms with E-state index in [9.17, 15) is 26.4 Å². The number of sulfonamides is 1. The smallest absolute Gasteiger partial charge is 0.348 e. The van der Waals surface area contributed by atoms with Gasteiger partial charge in [-0.25, -0.2) is 8.42 Å². The number of nitrogens with zero attached hydrogens (tertiary/aromatic N) is 1. The molecule has 0 spiro atoms. The molecule has 6 nitrogen and oxygen atoms in total. The third-order valence-electron chi connectivity index (χ3n) is 5.04. The van der Waals surface area contributed by atoms with Crippen molar-refractivity contribution in [3.8, 4) is 0 Å². The monoisotopic (exact) mass is 422 g/mol. The first kappa shape index (κ1) is 22.6. The Kier molecular flexibility index (Phi) is 7.11. The molecule has 0 aliphatic carbocycles. The number of carbonyl (C=O) groups is 1. The standard InChI is InChI=1S/C18H26F3N3O3S/c1-13(2)14(3)22-17(25)12-23-8-10-24(11-9-23)28(26,27)16-7-5-4-6-15(16)18(19,20)21/h4-7,13-14H,8-12H2,1-3H3,(H,22,25)/p+1/t14-/m0/s1. The minimum Gasteiger partial charge on any atom is -0.348 e. The van der Waals surface area contributed by atoms with Gasteiger partial charge < -0.3 is 10.2 Å². The zero-order valence-electron chi connectivity index (χ0n) is 16.2. The molecule has 0 unspecified atom stereocenters. The lowest BCUT2D eigenvalue weighted by Gasteiger charge is -2.32. The van der Waals surface area contributed by atoms with Gasteiger partial charge in [0.05, 0.1) is 36.6 Å². The van der Waals surface area contributed by atoms with Gasteiger partial charge in [0.1, 0.15) is 0 Å². The quantitative estimate of drug-likeness (QED) is 0.711. The molecule has 1 amide bonds. The first-order valence-corrected chi connectivity index (χ1v) is 10.7. The van der Waals surface area contributed by atoms with E-state index in [1.54, 1.807) is 0 Å². The fourth-order valence-corrected chi connectivity index (χ4v) is 4.64. The summed E-state index contributed by atoms with van der Waals surface area (Å²) in [6.45, 7) is 6.98. The van der Waals surface area contributed by atoms with E-state index in [0.717, 1.165) is 21.3 Å². The van der Waals surface area contributed by atoms with Crippen LogP contribution in [0.1, 0.15) is 26.3 Å². The molecular formula is C18H27F3N3O3S+. The Morgan fingerprint density at radius 2 is 1.75 bits per heavy atom. The van der Waals surface area contributed by atoms with E-state index >= 15 is 0 Å². The molecule has 1 saturated heterocycles. The minimum atomic E-state index is -4.75. The summed E-state index contributed by atoms with van der Waals surface area (Å²) in [5.74, 6) is 0.185. The SMILES string of the molecule is CC(C)[C@H](C)NC(=O)C[NH+]1CCN(S(=O)(=O)c2ccccc2C(F)(F)F)CC1. The average molecular weight is 422 g/mol. The van der Waals surface area contributed by atoms with E-state index in [2.05, 4.69) is 5.32 Å². The van der Waals surface area contributed by atoms with Crippen molar-refractivity contribution >= 4 is 15.9 Å². The van der Waals surface area contributed by atoms with Gasteiger partial charge in [0.15, 0.2) is 6.54 Å². The highest BCUT2D eigenvalue weighted by Crippen LogP contribution is 2.35. The largest absolute Gasteiger partial charge is 0.417 e. The third-order valence-corrected chi connectivity index (χ3v) is 7.00. The summed E-state index contributed by atoms with van der Waals surface area (Å²) in [7, 11) is -4.26. The van der Waals surface area contributed by atoms with Crippen molar-refractivity contribution in [2.24, 2.45) is 5.92 Å². The molecule has 1 aromatic carbocycles. The Morgan fingerprint density at radius 1 is 1.18 bits per heavy atom. The van der Waals surface area contributed by atoms with Crippen LogP contribution in [0.3, 0.4) is 0 Å². The zero-order chi connectivity index (χ0) is 21.1. The Bertz CT molecular complexity index is 789. The zero-order valence-corrected chi connectivity index (χ0v) is 17.0. The van der Waals surface area contributed by atoms with Crippen molar-refractivity contribution in [1.29, 1.82) is 0 Å². The van der Waals surface area contributed by atoms with Crippen LogP contribution in [-0.4, -0.2) is 57.4 Å². The summed E-state index contributed by atoms with van der Waals surface area (Å²) in [6, 6.07) is 4.24. The van der Waals surface area contributed by atoms with Gasteiger partial charge >= 0.3 is 6.18 Å². The van der Waals surface area contributed by atoms with Crippen molar-refractivity contribution in [1.82, 2.24) is 9.62 Å². The second-order valence-corrected chi connectivity index (χ2v) is 9.33. The summed E-state index contributed by atoms with van der Waals surface area (Å²) >= 11 is 0. The fourth-order valence-electron chi connectivity index (χ4n) is 2.98. The van der Waals surface area contributed by atoms with Crippen LogP contribution in [0.5, 0.6) is 0 Å². The summed E-state index contributed by atoms with van der Waals surface area (Å²) in [6.07, 6.45) is -4.75. The number of nitrogens with one attached hydrogen (secondary N) is 2. The highest BCUT2D eigenvalue weighted by molar-refractivity contribution is 7.89. The number of amides is 1. The van der Waals surface area contributed by atoms with Crippen molar-refractivity contribution in [3.05, 3.63) is 29.8 Å². The molecule has 0 saturated carbocycles. The van der Waals surface area contributed by atoms with Gasteiger partial charge in [0.2, 0.25) is 10.0 Å². The summed E-state index contributed by atoms with van der Waals surface area (Å²) < 4.78 is 66.1. The number of quaternary nitrogens is 1. The number of hydrogen-bond acceptors (Lipinski definition) is 3. The fraction of sp³-hybridized carbons (Fsp3) is 0.611. The first-order valence-electron chi connectivity index (χ1n) is 9.22. The number of hydrogen-bond donors (Lipinski definition) is 2. The third kappa shape index (κ3) is 5.45. The van der Waals surface area contributed by atoms with Crippen molar-refractivity contribution in [3.63, 3.8) is 0 Å². The molecule has 1 aromatic rings. The Hall–Kier alpha value is -1.65. The molecule has 1 heterocycles. The van der Waals surface area contributed by atoms with Crippen molar-refractivity contribution < 1.29 is 31.3 Å². The van der Waals surface area contributed by atoms with Crippen LogP contribution in [0, 0.1) is 5.92 Å². The van der Waals surface area contributed by atoms with E-state index in [1.165, 1.54) is 12.1 Å². The molecule has 10 heteroatoms. The maximum absolute atomic E-state index is 13.2. The highest BCUT2D eigenvalue weighted by atomic mass is 32.2. The van der Waals surface area contributed by atoms with Gasteiger partial charge in [-0.1, -0.05) is 26.0 Å². The van der Waals surface area contributed by atoms with Gasteiger partial charge in [0, 0.05) is 6.04 Å². The Labute approximate surface area is 163 Å². The van der Waals surface area contributed by atoms with E-state index < -0.39 is 26.7 Å². The van der Waals surface area contributed by atoms with Gasteiger partial charge in [-0.2, -0.15) is 17.5 Å². The molecule has 1 fully saturated rings. The Morgan fingerprint density at radius 3 is 2.29 bits per heavy atom. The average Bonchev–Trinajstić information content (AvgIpc) is 2.61. The van der Waals surface area contributed by atoms with Crippen LogP contribution in [0.15, 0.2) is 29.2 Å². The number of alkyl halides is 3. The minimum absolute atomic E-state index is 0.0347. The molecule has 1 aliphatic heterocycles. The first-order chi connectivity index (χ1) is 12.9. The van der Waals surface area contributed by atoms with Gasteiger partial charge in [-0.3, -0.25) is 4.79 Å². The number of carbonyl (C=O) groups excluding carboxylic acids is 1. The number of benzene rings is 1. The summed E-state index contributed by atoms with van der Waals surface area (Å²) in [4.78, 5) is 12.3. The van der Waals surface area contributed by atoms with Crippen LogP contribution in [-0.2, 0) is 21.0 Å². The second kappa shape index (κ2) is 8.79. The lowest BCUT2D eigenvalue weighted by molar-refractivity contribution is -0.895. The van der Waals surface area contributed by atoms with Crippen LogP contribution in [0.25, 0.3) is 0 Å². The molecule has 0 aromatic heterocycles. The van der Waals surface area contributed by atoms with E-state index in [1.807, 2.05) is 20.8 Å². The van der Waals surface area contributed by atoms with Crippen LogP contribution < -0.4 is 10.2 Å². The molecule has 28 heavy (non-hydrogen) atoms. The number of piperazine rings is 1. The van der Waals surface area contributed by atoms with Crippen molar-refractivity contribution in [2.75, 3.05) is 32.7 Å². The van der Waals surface area contributed by atoms with Gasteiger partial charge in [-0.15, -0.1) is 0 Å². The molecule has 1 atom stereocenters. The molecule has 0 radical (unpaired) electrons. The number of halogens is 3. The molecule has 2 N–H and O–H groups in total. The molecule has 158 valence electrons. The molecule has 2 rings (SSSR count). The normalized spacial score (nSPS) is 18.2. The Balaban J connectivity index is 2.02. The van der Waals surface area contributed by atoms with Crippen molar-refractivity contribution in [2.45, 2.75) is 37.9 Å². The molecule has 1 aliphatic rings. The second-order valence-electron chi connectivity index (χ2n) is 7.42. The van der Waals surface area contributed by atoms with Gasteiger partial charge in [0.25, 0.3) is 5.91 Å². The van der Waals surface area contributed by atoms with E-state index in [4.69, 9.17) is 0 Å². The molecule has 0 bridgehead atoms. The van der Waals surface area contributed by atoms with E-state index in [0.29, 0.717) is 19.0 Å². The summed E-state index contributed by atoms with van der Waals surface area (Å²) in [5.41, 5.74) is -1.16. The van der Waals surface area contributed by atoms with Gasteiger partial charge in [-0.05, 0) is 25.0 Å². The van der Waals surface area contributed by atoms with E-state index in [-0.39, 0.29) is 31.6 Å². The lowest BCUT2D eigenvalue weighted by atomic mass is 10.1. The summed E-state index contributed by atoms with van der Waals surface area (Å²) in [5, 5.41) is 2.90. The topological polar surface area (TPSA) is 70.9 Å². The van der Waals surface area contributed by atoms with Crippen LogP contribution in [0.2, 0.25) is 0 Å².